The molecule has 0 unspecified atom stereocenters. The van der Waals surface area contributed by atoms with Crippen LogP contribution in [0.5, 0.6) is 0 Å². The molecule has 2 heterocycles. The first-order valence-corrected chi connectivity index (χ1v) is 12.1. The Kier molecular flexibility index (Phi) is 7.67. The van der Waals surface area contributed by atoms with E-state index in [9.17, 15) is 13.2 Å². The van der Waals surface area contributed by atoms with E-state index >= 15 is 0 Å². The summed E-state index contributed by atoms with van der Waals surface area (Å²) in [5.74, 6) is -0.115. The predicted molar refractivity (Wildman–Crippen MR) is 114 cm³/mol. The van der Waals surface area contributed by atoms with Crippen LogP contribution in [-0.2, 0) is 14.8 Å². The number of rotatable bonds is 7. The zero-order valence-electron chi connectivity index (χ0n) is 17.6. The summed E-state index contributed by atoms with van der Waals surface area (Å²) in [5, 5.41) is 3.23. The quantitative estimate of drug-likeness (QED) is 0.717. The summed E-state index contributed by atoms with van der Waals surface area (Å²) in [6.45, 7) is 8.63. The molecule has 2 aliphatic rings. The van der Waals surface area contributed by atoms with E-state index in [4.69, 9.17) is 0 Å². The molecule has 0 bridgehead atoms. The number of piperazine rings is 1. The van der Waals surface area contributed by atoms with Gasteiger partial charge in [0.25, 0.3) is 0 Å². The Bertz CT molecular complexity index is 793. The second kappa shape index (κ2) is 10.0. The third-order valence-corrected chi connectivity index (χ3v) is 8.08. The van der Waals surface area contributed by atoms with Crippen LogP contribution in [0.1, 0.15) is 31.7 Å². The molecule has 1 N–H and O–H groups in total. The van der Waals surface area contributed by atoms with Crippen molar-refractivity contribution in [1.82, 2.24) is 19.4 Å². The van der Waals surface area contributed by atoms with Gasteiger partial charge in [-0.3, -0.25) is 9.69 Å². The normalized spacial score (nSPS) is 21.5. The summed E-state index contributed by atoms with van der Waals surface area (Å²) in [5.41, 5.74) is 0.707. The Morgan fingerprint density at radius 2 is 1.90 bits per heavy atom. The van der Waals surface area contributed by atoms with Crippen LogP contribution < -0.4 is 5.32 Å². The Morgan fingerprint density at radius 1 is 1.17 bits per heavy atom. The highest BCUT2D eigenvalue weighted by atomic mass is 32.2. The van der Waals surface area contributed by atoms with Gasteiger partial charge in [0.1, 0.15) is 0 Å². The van der Waals surface area contributed by atoms with Crippen LogP contribution in [0.2, 0.25) is 0 Å². The number of carbonyl (C=O) groups excluding carboxylic acids is 1. The van der Waals surface area contributed by atoms with E-state index in [0.29, 0.717) is 42.7 Å². The lowest BCUT2D eigenvalue weighted by Crippen LogP contribution is -2.51. The number of sulfonamides is 1. The number of hydrogen-bond acceptors (Lipinski definition) is 5. The number of likely N-dealkylation sites (tertiary alicyclic amines) is 1. The van der Waals surface area contributed by atoms with Gasteiger partial charge >= 0.3 is 0 Å². The third kappa shape index (κ3) is 5.57. The Morgan fingerprint density at radius 3 is 2.59 bits per heavy atom. The predicted octanol–water partition coefficient (Wildman–Crippen LogP) is 1.29. The zero-order valence-corrected chi connectivity index (χ0v) is 18.5. The van der Waals surface area contributed by atoms with E-state index in [1.165, 1.54) is 10.7 Å². The first-order chi connectivity index (χ1) is 13.9. The minimum Gasteiger partial charge on any atom is -0.339 e. The van der Waals surface area contributed by atoms with Crippen molar-refractivity contribution in [1.29, 1.82) is 0 Å². The van der Waals surface area contributed by atoms with Gasteiger partial charge in [0.05, 0.1) is 11.4 Å². The van der Waals surface area contributed by atoms with Gasteiger partial charge in [0, 0.05) is 45.3 Å². The van der Waals surface area contributed by atoms with Crippen molar-refractivity contribution >= 4 is 15.9 Å². The summed E-state index contributed by atoms with van der Waals surface area (Å²) in [4.78, 5) is 17.3. The molecule has 1 aromatic carbocycles. The van der Waals surface area contributed by atoms with Crippen molar-refractivity contribution in [3.05, 3.63) is 29.8 Å². The maximum absolute atomic E-state index is 13.5. The van der Waals surface area contributed by atoms with Crippen molar-refractivity contribution in [3.63, 3.8) is 0 Å². The number of hydrogen-bond donors (Lipinski definition) is 1. The first kappa shape index (κ1) is 22.2. The SMILES string of the molecule is Cc1ccccc1S(=O)(=O)N(CCN1CCCC[C@H]1C)CC(=O)N1CCNCC1. The third-order valence-electron chi connectivity index (χ3n) is 6.07. The minimum atomic E-state index is -3.74. The maximum atomic E-state index is 13.5. The number of nitrogens with one attached hydrogen (secondary N) is 1. The molecular weight excluding hydrogens is 388 g/mol. The summed E-state index contributed by atoms with van der Waals surface area (Å²) >= 11 is 0. The topological polar surface area (TPSA) is 73.0 Å². The fourth-order valence-electron chi connectivity index (χ4n) is 4.16. The number of piperidine rings is 1. The molecule has 0 aliphatic carbocycles. The summed E-state index contributed by atoms with van der Waals surface area (Å²) in [6, 6.07) is 7.46. The van der Waals surface area contributed by atoms with Crippen LogP contribution >= 0.6 is 0 Å². The highest BCUT2D eigenvalue weighted by Gasteiger charge is 2.31. The van der Waals surface area contributed by atoms with Crippen molar-refractivity contribution < 1.29 is 13.2 Å². The molecule has 2 saturated heterocycles. The maximum Gasteiger partial charge on any atom is 0.243 e. The molecule has 2 aliphatic heterocycles. The number of carbonyl (C=O) groups is 1. The van der Waals surface area contributed by atoms with E-state index in [2.05, 4.69) is 17.1 Å². The van der Waals surface area contributed by atoms with Crippen LogP contribution in [0, 0.1) is 6.92 Å². The fraction of sp³-hybridized carbons (Fsp3) is 0.667. The molecule has 0 aromatic heterocycles. The molecule has 1 aromatic rings. The van der Waals surface area contributed by atoms with Gasteiger partial charge in [-0.25, -0.2) is 8.42 Å². The number of nitrogens with zero attached hydrogens (tertiary/aromatic N) is 3. The van der Waals surface area contributed by atoms with Crippen LogP contribution in [0.4, 0.5) is 0 Å². The average Bonchev–Trinajstić information content (AvgIpc) is 2.72. The summed E-state index contributed by atoms with van der Waals surface area (Å²) in [6.07, 6.45) is 3.52. The van der Waals surface area contributed by atoms with Gasteiger partial charge in [-0.15, -0.1) is 0 Å². The number of amides is 1. The fourth-order valence-corrected chi connectivity index (χ4v) is 5.77. The van der Waals surface area contributed by atoms with Crippen molar-refractivity contribution in [3.8, 4) is 0 Å². The number of aryl methyl sites for hydroxylation is 1. The molecular formula is C21H34N4O3S. The number of benzene rings is 1. The van der Waals surface area contributed by atoms with Gasteiger partial charge in [-0.05, 0) is 44.9 Å². The van der Waals surface area contributed by atoms with Gasteiger partial charge in [-0.1, -0.05) is 24.6 Å². The lowest BCUT2D eigenvalue weighted by Gasteiger charge is -2.35. The van der Waals surface area contributed by atoms with E-state index in [1.54, 1.807) is 30.0 Å². The molecule has 8 heteroatoms. The van der Waals surface area contributed by atoms with Crippen LogP contribution in [0.3, 0.4) is 0 Å². The van der Waals surface area contributed by atoms with Crippen molar-refractivity contribution in [2.75, 3.05) is 52.4 Å². The van der Waals surface area contributed by atoms with Crippen LogP contribution in [0.15, 0.2) is 29.2 Å². The van der Waals surface area contributed by atoms with Gasteiger partial charge in [0.15, 0.2) is 0 Å². The Balaban J connectivity index is 1.78. The van der Waals surface area contributed by atoms with Crippen LogP contribution in [-0.4, -0.2) is 86.8 Å². The molecule has 3 rings (SSSR count). The van der Waals surface area contributed by atoms with E-state index in [0.717, 1.165) is 32.5 Å². The lowest BCUT2D eigenvalue weighted by atomic mass is 10.0. The highest BCUT2D eigenvalue weighted by Crippen LogP contribution is 2.21. The van der Waals surface area contributed by atoms with Crippen molar-refractivity contribution in [2.45, 2.75) is 44.0 Å². The smallest absolute Gasteiger partial charge is 0.243 e. The molecule has 0 saturated carbocycles. The van der Waals surface area contributed by atoms with Gasteiger partial charge in [-0.2, -0.15) is 4.31 Å². The molecule has 0 radical (unpaired) electrons. The molecule has 2 fully saturated rings. The van der Waals surface area contributed by atoms with E-state index in [1.807, 2.05) is 6.07 Å². The first-order valence-electron chi connectivity index (χ1n) is 10.7. The molecule has 29 heavy (non-hydrogen) atoms. The van der Waals surface area contributed by atoms with Gasteiger partial charge < -0.3 is 10.2 Å². The van der Waals surface area contributed by atoms with Crippen molar-refractivity contribution in [2.24, 2.45) is 0 Å². The van der Waals surface area contributed by atoms with E-state index < -0.39 is 10.0 Å². The molecule has 0 spiro atoms. The zero-order chi connectivity index (χ0) is 20.9. The second-order valence-corrected chi connectivity index (χ2v) is 10.0. The average molecular weight is 423 g/mol. The van der Waals surface area contributed by atoms with Crippen LogP contribution in [0.25, 0.3) is 0 Å². The molecule has 1 atom stereocenters. The van der Waals surface area contributed by atoms with Gasteiger partial charge in [0.2, 0.25) is 15.9 Å². The molecule has 1 amide bonds. The summed E-state index contributed by atoms with van der Waals surface area (Å²) < 4.78 is 28.3. The molecule has 162 valence electrons. The minimum absolute atomic E-state index is 0.0983. The monoisotopic (exact) mass is 422 g/mol. The highest BCUT2D eigenvalue weighted by molar-refractivity contribution is 7.89. The Hall–Kier alpha value is -1.48. The largest absolute Gasteiger partial charge is 0.339 e. The summed E-state index contributed by atoms with van der Waals surface area (Å²) in [7, 11) is -3.74. The van der Waals surface area contributed by atoms with E-state index in [-0.39, 0.29) is 12.5 Å². The molecule has 7 nitrogen and oxygen atoms in total. The lowest BCUT2D eigenvalue weighted by molar-refractivity contribution is -0.132. The standard InChI is InChI=1S/C21H34N4O3S/c1-18-7-3-4-9-20(18)29(27,28)25(16-15-23-12-6-5-8-19(23)2)17-21(26)24-13-10-22-11-14-24/h3-4,7,9,19,22H,5-6,8,10-17H2,1-2H3/t19-/m1/s1. The Labute approximate surface area is 175 Å². The second-order valence-electron chi connectivity index (χ2n) is 8.12.